The molecule has 1 amide bonds. The summed E-state index contributed by atoms with van der Waals surface area (Å²) in [5, 5.41) is 7.00. The molecule has 1 aliphatic rings. The van der Waals surface area contributed by atoms with E-state index >= 15 is 0 Å². The average Bonchev–Trinajstić information content (AvgIpc) is 2.88. The third kappa shape index (κ3) is 5.55. The molecule has 1 saturated heterocycles. The molecular weight excluding hydrogens is 456 g/mol. The molecule has 0 spiro atoms. The minimum absolute atomic E-state index is 0.130. The molecule has 1 fully saturated rings. The Kier molecular flexibility index (Phi) is 6.43. The molecule has 10 nitrogen and oxygen atoms in total. The van der Waals surface area contributed by atoms with Gasteiger partial charge in [0.2, 0.25) is 5.95 Å². The molecule has 184 valence electrons. The third-order valence-corrected chi connectivity index (χ3v) is 5.58. The van der Waals surface area contributed by atoms with Crippen molar-refractivity contribution in [3.05, 3.63) is 60.7 Å². The van der Waals surface area contributed by atoms with Gasteiger partial charge in [-0.1, -0.05) is 12.1 Å². The molecule has 36 heavy (non-hydrogen) atoms. The highest BCUT2D eigenvalue weighted by Gasteiger charge is 2.16. The SMILES string of the molecule is CC(C)(C)Nc1cncc(-c2ccc3cnc(NC(=O)c4ccnc(N5CCOCC5)c4)nc3c2)n1. The maximum Gasteiger partial charge on any atom is 0.258 e. The van der Waals surface area contributed by atoms with Crippen LogP contribution in [0.2, 0.25) is 0 Å². The number of fused-ring (bicyclic) bond motifs is 1. The van der Waals surface area contributed by atoms with Gasteiger partial charge in [-0.3, -0.25) is 15.1 Å². The lowest BCUT2D eigenvalue weighted by atomic mass is 10.1. The van der Waals surface area contributed by atoms with Crippen LogP contribution in [0, 0.1) is 0 Å². The van der Waals surface area contributed by atoms with Crippen molar-refractivity contribution in [2.45, 2.75) is 26.3 Å². The van der Waals surface area contributed by atoms with Crippen LogP contribution in [0.4, 0.5) is 17.6 Å². The zero-order valence-corrected chi connectivity index (χ0v) is 20.5. The van der Waals surface area contributed by atoms with Crippen LogP contribution in [-0.2, 0) is 4.74 Å². The highest BCUT2D eigenvalue weighted by atomic mass is 16.5. The molecule has 0 radical (unpaired) electrons. The van der Waals surface area contributed by atoms with Crippen LogP contribution in [0.5, 0.6) is 0 Å². The van der Waals surface area contributed by atoms with Crippen molar-refractivity contribution in [2.75, 3.05) is 41.8 Å². The van der Waals surface area contributed by atoms with Gasteiger partial charge in [-0.15, -0.1) is 0 Å². The smallest absolute Gasteiger partial charge is 0.258 e. The summed E-state index contributed by atoms with van der Waals surface area (Å²) in [5.74, 6) is 1.38. The standard InChI is InChI=1S/C26H28N8O2/c1-26(2,3)33-22-16-27-15-21(30-22)17-4-5-19-14-29-25(31-20(19)12-17)32-24(35)18-6-7-28-23(13-18)34-8-10-36-11-9-34/h4-7,12-16H,8-11H2,1-3H3,(H,30,33)(H,29,31,32,35). The highest BCUT2D eigenvalue weighted by Crippen LogP contribution is 2.24. The molecule has 1 aliphatic heterocycles. The third-order valence-electron chi connectivity index (χ3n) is 5.58. The first-order valence-corrected chi connectivity index (χ1v) is 11.8. The summed E-state index contributed by atoms with van der Waals surface area (Å²) in [4.78, 5) is 37.3. The molecule has 3 aromatic heterocycles. The van der Waals surface area contributed by atoms with Gasteiger partial charge in [-0.25, -0.2) is 19.9 Å². The molecule has 2 N–H and O–H groups in total. The second kappa shape index (κ2) is 9.82. The maximum atomic E-state index is 12.9. The normalized spacial score (nSPS) is 14.0. The van der Waals surface area contributed by atoms with Crippen molar-refractivity contribution >= 4 is 34.4 Å². The predicted molar refractivity (Wildman–Crippen MR) is 139 cm³/mol. The number of ether oxygens (including phenoxy) is 1. The van der Waals surface area contributed by atoms with Gasteiger partial charge >= 0.3 is 0 Å². The van der Waals surface area contributed by atoms with Gasteiger partial charge in [0.1, 0.15) is 11.6 Å². The Bertz CT molecular complexity index is 1400. The van der Waals surface area contributed by atoms with Crippen molar-refractivity contribution < 1.29 is 9.53 Å². The molecule has 4 aromatic rings. The second-order valence-electron chi connectivity index (χ2n) is 9.59. The van der Waals surface area contributed by atoms with Crippen LogP contribution in [0.15, 0.2) is 55.1 Å². The Balaban J connectivity index is 1.36. The van der Waals surface area contributed by atoms with Gasteiger partial charge in [0.05, 0.1) is 36.8 Å². The van der Waals surface area contributed by atoms with Crippen LogP contribution in [0.3, 0.4) is 0 Å². The van der Waals surface area contributed by atoms with Crippen molar-refractivity contribution in [1.82, 2.24) is 24.9 Å². The van der Waals surface area contributed by atoms with Gasteiger partial charge < -0.3 is 15.0 Å². The number of hydrogen-bond donors (Lipinski definition) is 2. The monoisotopic (exact) mass is 484 g/mol. The molecule has 0 aliphatic carbocycles. The van der Waals surface area contributed by atoms with Crippen LogP contribution in [-0.4, -0.2) is 62.7 Å². The predicted octanol–water partition coefficient (Wildman–Crippen LogP) is 3.78. The molecule has 4 heterocycles. The fraction of sp³-hybridized carbons (Fsp3) is 0.308. The largest absolute Gasteiger partial charge is 0.378 e. The number of rotatable bonds is 5. The van der Waals surface area contributed by atoms with Gasteiger partial charge in [-0.2, -0.15) is 0 Å². The average molecular weight is 485 g/mol. The first-order valence-electron chi connectivity index (χ1n) is 11.8. The van der Waals surface area contributed by atoms with Crippen LogP contribution in [0.1, 0.15) is 31.1 Å². The van der Waals surface area contributed by atoms with Crippen molar-refractivity contribution in [1.29, 1.82) is 0 Å². The Labute approximate surface area is 209 Å². The van der Waals surface area contributed by atoms with E-state index in [1.54, 1.807) is 36.9 Å². The lowest BCUT2D eigenvalue weighted by Gasteiger charge is -2.27. The first kappa shape index (κ1) is 23.6. The van der Waals surface area contributed by atoms with Gasteiger partial charge in [0.15, 0.2) is 0 Å². The lowest BCUT2D eigenvalue weighted by molar-refractivity contribution is 0.102. The van der Waals surface area contributed by atoms with Crippen molar-refractivity contribution in [3.8, 4) is 11.3 Å². The van der Waals surface area contributed by atoms with Crippen LogP contribution < -0.4 is 15.5 Å². The number of hydrogen-bond acceptors (Lipinski definition) is 9. The minimum atomic E-state index is -0.297. The van der Waals surface area contributed by atoms with E-state index < -0.39 is 0 Å². The summed E-state index contributed by atoms with van der Waals surface area (Å²) in [5.41, 5.74) is 2.64. The van der Waals surface area contributed by atoms with E-state index in [-0.39, 0.29) is 17.4 Å². The van der Waals surface area contributed by atoms with E-state index in [2.05, 4.69) is 61.2 Å². The number of nitrogens with one attached hydrogen (secondary N) is 2. The van der Waals surface area contributed by atoms with E-state index in [9.17, 15) is 4.79 Å². The molecule has 0 atom stereocenters. The number of pyridine rings is 1. The Morgan fingerprint density at radius 3 is 2.64 bits per heavy atom. The topological polar surface area (TPSA) is 118 Å². The van der Waals surface area contributed by atoms with E-state index in [1.165, 1.54) is 0 Å². The van der Waals surface area contributed by atoms with E-state index in [1.807, 2.05) is 18.2 Å². The molecule has 10 heteroatoms. The summed E-state index contributed by atoms with van der Waals surface area (Å²) in [7, 11) is 0. The number of anilines is 3. The fourth-order valence-corrected chi connectivity index (χ4v) is 3.89. The van der Waals surface area contributed by atoms with Gasteiger partial charge in [-0.05, 0) is 39.0 Å². The molecule has 1 aromatic carbocycles. The first-order chi connectivity index (χ1) is 17.3. The number of benzene rings is 1. The van der Waals surface area contributed by atoms with Crippen LogP contribution in [0.25, 0.3) is 22.2 Å². The zero-order chi connectivity index (χ0) is 25.1. The van der Waals surface area contributed by atoms with E-state index in [0.29, 0.717) is 30.1 Å². The number of aromatic nitrogens is 5. The highest BCUT2D eigenvalue weighted by molar-refractivity contribution is 6.04. The van der Waals surface area contributed by atoms with Gasteiger partial charge in [0.25, 0.3) is 5.91 Å². The van der Waals surface area contributed by atoms with Crippen molar-refractivity contribution in [3.63, 3.8) is 0 Å². The Morgan fingerprint density at radius 2 is 1.83 bits per heavy atom. The maximum absolute atomic E-state index is 12.9. The van der Waals surface area contributed by atoms with Crippen molar-refractivity contribution in [2.24, 2.45) is 0 Å². The van der Waals surface area contributed by atoms with Gasteiger partial charge in [0, 0.05) is 47.5 Å². The quantitative estimate of drug-likeness (QED) is 0.436. The Hall–Kier alpha value is -4.18. The minimum Gasteiger partial charge on any atom is -0.378 e. The molecule has 0 saturated carbocycles. The zero-order valence-electron chi connectivity index (χ0n) is 20.5. The van der Waals surface area contributed by atoms with Crippen LogP contribution >= 0.6 is 0 Å². The summed E-state index contributed by atoms with van der Waals surface area (Å²) in [6.45, 7) is 8.99. The Morgan fingerprint density at radius 1 is 1.00 bits per heavy atom. The molecule has 5 rings (SSSR count). The lowest BCUT2D eigenvalue weighted by Crippen LogP contribution is -2.36. The van der Waals surface area contributed by atoms with E-state index in [0.717, 1.165) is 35.6 Å². The van der Waals surface area contributed by atoms with E-state index in [4.69, 9.17) is 4.74 Å². The number of morpholine rings is 1. The summed E-state index contributed by atoms with van der Waals surface area (Å²) in [6.07, 6.45) is 6.75. The number of nitrogens with zero attached hydrogens (tertiary/aromatic N) is 6. The number of carbonyl (C=O) groups excluding carboxylic acids is 1. The summed E-state index contributed by atoms with van der Waals surface area (Å²) >= 11 is 0. The molecule has 0 unspecified atom stereocenters. The summed E-state index contributed by atoms with van der Waals surface area (Å²) < 4.78 is 5.40. The second-order valence-corrected chi connectivity index (χ2v) is 9.59. The fourth-order valence-electron chi connectivity index (χ4n) is 3.89. The molecular formula is C26H28N8O2. The molecule has 0 bridgehead atoms. The number of carbonyl (C=O) groups is 1. The summed E-state index contributed by atoms with van der Waals surface area (Å²) in [6, 6.07) is 9.26. The number of amides is 1.